The van der Waals surface area contributed by atoms with Crippen LogP contribution in [0.25, 0.3) is 0 Å². The van der Waals surface area contributed by atoms with Crippen molar-refractivity contribution in [1.29, 1.82) is 0 Å². The number of halogens is 2. The molecule has 34 heavy (non-hydrogen) atoms. The molecule has 1 aliphatic heterocycles. The summed E-state index contributed by atoms with van der Waals surface area (Å²) >= 11 is 0. The third-order valence-corrected chi connectivity index (χ3v) is 6.74. The number of benzene rings is 1. The number of hydrogen-bond donors (Lipinski definition) is 3. The van der Waals surface area contributed by atoms with Gasteiger partial charge >= 0.3 is 0 Å². The molecule has 182 valence electrons. The number of nitrogens with two attached hydrogens (primary N) is 2. The Balaban J connectivity index is 1.55. The second kappa shape index (κ2) is 9.98. The Bertz CT molecular complexity index is 1100. The zero-order valence-electron chi connectivity index (χ0n) is 19.1. The molecule has 9 nitrogen and oxygen atoms in total. The van der Waals surface area contributed by atoms with Gasteiger partial charge in [0, 0.05) is 36.2 Å². The first-order valence-electron chi connectivity index (χ1n) is 11.3. The largest absolute Gasteiger partial charge is 0.478 e. The van der Waals surface area contributed by atoms with Gasteiger partial charge in [-0.3, -0.25) is 9.79 Å². The average Bonchev–Trinajstić information content (AvgIpc) is 3.17. The van der Waals surface area contributed by atoms with E-state index >= 15 is 0 Å². The van der Waals surface area contributed by atoms with Gasteiger partial charge in [0.15, 0.2) is 11.6 Å². The van der Waals surface area contributed by atoms with E-state index in [0.29, 0.717) is 55.2 Å². The Labute approximate surface area is 196 Å². The molecule has 0 bridgehead atoms. The second-order valence-corrected chi connectivity index (χ2v) is 8.77. The number of aromatic nitrogens is 2. The average molecular weight is 474 g/mol. The molecule has 1 aliphatic carbocycles. The van der Waals surface area contributed by atoms with Crippen molar-refractivity contribution in [2.45, 2.75) is 44.1 Å². The number of aliphatic imine (C=N–C) groups is 1. The molecule has 2 atom stereocenters. The van der Waals surface area contributed by atoms with E-state index < -0.39 is 23.1 Å². The lowest BCUT2D eigenvalue weighted by molar-refractivity contribution is -0.131. The zero-order valence-corrected chi connectivity index (χ0v) is 19.1. The molecule has 0 saturated carbocycles. The number of carbonyl (C=O) groups excluding carboxylic acids is 1. The van der Waals surface area contributed by atoms with Crippen LogP contribution in [0.1, 0.15) is 36.1 Å². The number of rotatable bonds is 7. The smallest absolute Gasteiger partial charge is 0.224 e. The minimum atomic E-state index is -0.929. The minimum absolute atomic E-state index is 0.0445. The van der Waals surface area contributed by atoms with Crippen LogP contribution in [-0.4, -0.2) is 58.9 Å². The molecule has 2 aliphatic rings. The van der Waals surface area contributed by atoms with Gasteiger partial charge < -0.3 is 20.8 Å². The van der Waals surface area contributed by atoms with Crippen molar-refractivity contribution in [2.75, 3.05) is 26.2 Å². The number of fused-ring (bicyclic) bond motifs is 1. The number of ether oxygens (including phenoxy) is 1. The van der Waals surface area contributed by atoms with Crippen LogP contribution in [0, 0.1) is 18.6 Å². The summed E-state index contributed by atoms with van der Waals surface area (Å²) < 4.78 is 34.0. The first-order valence-corrected chi connectivity index (χ1v) is 11.3. The first-order chi connectivity index (χ1) is 16.3. The fourth-order valence-electron chi connectivity index (χ4n) is 4.86. The van der Waals surface area contributed by atoms with E-state index in [1.807, 2.05) is 6.92 Å². The molecule has 2 aromatic rings. The molecule has 0 fully saturated rings. The SMILES string of the molecule is Cc1cc(OCCC2(C(N)CC(=O)N3CCN=C(NN)C3)CCc3cc(F)c(F)cc32)ncn1. The van der Waals surface area contributed by atoms with Crippen molar-refractivity contribution in [3.8, 4) is 5.88 Å². The van der Waals surface area contributed by atoms with E-state index in [-0.39, 0.29) is 25.5 Å². The molecule has 1 amide bonds. The highest BCUT2D eigenvalue weighted by Crippen LogP contribution is 2.45. The Morgan fingerprint density at radius 2 is 2.09 bits per heavy atom. The normalized spacial score (nSPS) is 20.5. The highest BCUT2D eigenvalue weighted by molar-refractivity contribution is 5.89. The Morgan fingerprint density at radius 1 is 1.29 bits per heavy atom. The lowest BCUT2D eigenvalue weighted by atomic mass is 9.71. The maximum atomic E-state index is 14.3. The lowest BCUT2D eigenvalue weighted by Gasteiger charge is -2.37. The zero-order chi connectivity index (χ0) is 24.3. The van der Waals surface area contributed by atoms with Crippen LogP contribution in [0.4, 0.5) is 8.78 Å². The van der Waals surface area contributed by atoms with Gasteiger partial charge in [-0.1, -0.05) is 0 Å². The van der Waals surface area contributed by atoms with Crippen molar-refractivity contribution in [3.63, 3.8) is 0 Å². The van der Waals surface area contributed by atoms with Gasteiger partial charge in [-0.2, -0.15) is 0 Å². The third kappa shape index (κ3) is 4.85. The molecule has 1 aromatic carbocycles. The summed E-state index contributed by atoms with van der Waals surface area (Å²) in [6.45, 7) is 3.27. The van der Waals surface area contributed by atoms with Crippen LogP contribution in [0.15, 0.2) is 29.5 Å². The number of nitrogens with one attached hydrogen (secondary N) is 1. The number of hydrazine groups is 1. The maximum absolute atomic E-state index is 14.3. The third-order valence-electron chi connectivity index (χ3n) is 6.74. The summed E-state index contributed by atoms with van der Waals surface area (Å²) in [5.74, 6) is 4.44. The highest BCUT2D eigenvalue weighted by atomic mass is 19.2. The van der Waals surface area contributed by atoms with Gasteiger partial charge in [-0.05, 0) is 49.4 Å². The van der Waals surface area contributed by atoms with Gasteiger partial charge in [0.05, 0.1) is 19.7 Å². The van der Waals surface area contributed by atoms with Gasteiger partial charge in [-0.25, -0.2) is 24.6 Å². The summed E-state index contributed by atoms with van der Waals surface area (Å²) in [6.07, 6.45) is 2.98. The van der Waals surface area contributed by atoms with Crippen LogP contribution >= 0.6 is 0 Å². The molecular weight excluding hydrogens is 444 g/mol. The molecule has 0 spiro atoms. The summed E-state index contributed by atoms with van der Waals surface area (Å²) in [7, 11) is 0. The highest BCUT2D eigenvalue weighted by Gasteiger charge is 2.45. The predicted molar refractivity (Wildman–Crippen MR) is 122 cm³/mol. The number of aryl methyl sites for hydroxylation is 2. The van der Waals surface area contributed by atoms with E-state index in [4.69, 9.17) is 16.3 Å². The molecule has 2 unspecified atom stereocenters. The predicted octanol–water partition coefficient (Wildman–Crippen LogP) is 1.14. The number of nitrogens with zero attached hydrogens (tertiary/aromatic N) is 4. The molecule has 0 saturated heterocycles. The summed E-state index contributed by atoms with van der Waals surface area (Å²) in [5.41, 5.74) is 10.5. The Morgan fingerprint density at radius 3 is 2.85 bits per heavy atom. The van der Waals surface area contributed by atoms with E-state index in [1.54, 1.807) is 11.0 Å². The Hall–Kier alpha value is -3.18. The van der Waals surface area contributed by atoms with Gasteiger partial charge in [0.25, 0.3) is 0 Å². The fraction of sp³-hybridized carbons (Fsp3) is 0.478. The number of amides is 1. The molecule has 4 rings (SSSR count). The van der Waals surface area contributed by atoms with Crippen LogP contribution < -0.4 is 21.7 Å². The quantitative estimate of drug-likeness (QED) is 0.406. The number of amidine groups is 1. The van der Waals surface area contributed by atoms with Crippen molar-refractivity contribution in [2.24, 2.45) is 16.6 Å². The first kappa shape index (κ1) is 24.0. The van der Waals surface area contributed by atoms with Crippen molar-refractivity contribution in [3.05, 3.63) is 53.0 Å². The minimum Gasteiger partial charge on any atom is -0.478 e. The van der Waals surface area contributed by atoms with Gasteiger partial charge in [0.2, 0.25) is 11.8 Å². The summed E-state index contributed by atoms with van der Waals surface area (Å²) in [5, 5.41) is 0. The van der Waals surface area contributed by atoms with Crippen LogP contribution in [0.3, 0.4) is 0 Å². The van der Waals surface area contributed by atoms with Crippen LogP contribution in [0.2, 0.25) is 0 Å². The molecule has 0 radical (unpaired) electrons. The molecule has 2 heterocycles. The van der Waals surface area contributed by atoms with E-state index in [0.717, 1.165) is 5.69 Å². The van der Waals surface area contributed by atoms with Crippen molar-refractivity contribution < 1.29 is 18.3 Å². The Kier molecular flexibility index (Phi) is 7.03. The van der Waals surface area contributed by atoms with E-state index in [9.17, 15) is 13.6 Å². The topological polar surface area (TPSA) is 132 Å². The molecule has 11 heteroatoms. The van der Waals surface area contributed by atoms with E-state index in [2.05, 4.69) is 20.4 Å². The number of carbonyl (C=O) groups is 1. The van der Waals surface area contributed by atoms with Gasteiger partial charge in [-0.15, -0.1) is 0 Å². The summed E-state index contributed by atoms with van der Waals surface area (Å²) in [6, 6.07) is 3.54. The molecular formula is C23H29F2N7O2. The van der Waals surface area contributed by atoms with Gasteiger partial charge in [0.1, 0.15) is 12.2 Å². The maximum Gasteiger partial charge on any atom is 0.224 e. The molecule has 5 N–H and O–H groups in total. The monoisotopic (exact) mass is 473 g/mol. The molecule has 1 aromatic heterocycles. The standard InChI is InChI=1S/C23H29F2N7O2/c1-14-8-21(30-13-29-14)34-7-4-23(3-2-15-9-17(24)18(25)10-16(15)23)19(26)11-22(33)32-6-5-28-20(12-32)31-27/h8-10,13,19H,2-7,11-12,26-27H2,1H3,(H,28,31). The van der Waals surface area contributed by atoms with Crippen molar-refractivity contribution in [1.82, 2.24) is 20.3 Å². The van der Waals surface area contributed by atoms with E-state index in [1.165, 1.54) is 18.5 Å². The number of hydrogen-bond acceptors (Lipinski definition) is 8. The van der Waals surface area contributed by atoms with Crippen LogP contribution in [0.5, 0.6) is 5.88 Å². The van der Waals surface area contributed by atoms with Crippen molar-refractivity contribution >= 4 is 11.7 Å². The second-order valence-electron chi connectivity index (χ2n) is 8.77. The lowest BCUT2D eigenvalue weighted by Crippen LogP contribution is -2.51. The fourth-order valence-corrected chi connectivity index (χ4v) is 4.86. The summed E-state index contributed by atoms with van der Waals surface area (Å²) in [4.78, 5) is 27.1. The van der Waals surface area contributed by atoms with Crippen LogP contribution in [-0.2, 0) is 16.6 Å².